The van der Waals surface area contributed by atoms with Gasteiger partial charge in [0.15, 0.2) is 0 Å². The number of phenolic OH excluding ortho intramolecular Hbond substituents is 2. The maximum Gasteiger partial charge on any atom is 1.00 e. The average molecular weight is 478 g/mol. The van der Waals surface area contributed by atoms with Crippen molar-refractivity contribution in [2.75, 3.05) is 14.2 Å². The summed E-state index contributed by atoms with van der Waals surface area (Å²) in [5, 5.41) is 20.2. The van der Waals surface area contributed by atoms with Crippen molar-refractivity contribution in [3.63, 3.8) is 0 Å². The molecule has 0 fully saturated rings. The number of hydrogen-bond donors (Lipinski definition) is 2. The van der Waals surface area contributed by atoms with Crippen LogP contribution in [0.1, 0.15) is 15.9 Å². The van der Waals surface area contributed by atoms with Gasteiger partial charge in [-0.3, -0.25) is 4.79 Å². The second-order valence-electron chi connectivity index (χ2n) is 5.22. The third kappa shape index (κ3) is 5.68. The predicted molar refractivity (Wildman–Crippen MR) is 88.7 cm³/mol. The molecule has 2 aromatic rings. The molecule has 0 radical (unpaired) electrons. The van der Waals surface area contributed by atoms with E-state index in [9.17, 15) is 40.9 Å². The number of benzene rings is 2. The van der Waals surface area contributed by atoms with Gasteiger partial charge in [-0.25, -0.2) is 16.8 Å². The normalized spacial score (nSPS) is 11.1. The Morgan fingerprint density at radius 2 is 1.07 bits per heavy atom. The standard InChI is InChI=1S/C15H14O11S2.2Na/c1-25-9-5-3-7(12(17)14(9)27(19,20)21)11(16)8-4-6-10(26-2)15(13(8)18)28(22,23)24;;/h3-6,17-18H,1-2H3,(H,19,20,21)(H,22,23,24);;/q;2*+1/p-2. The van der Waals surface area contributed by atoms with Gasteiger partial charge in [0.1, 0.15) is 53.0 Å². The number of methoxy groups -OCH3 is 2. The number of carbonyl (C=O) groups is 1. The van der Waals surface area contributed by atoms with Crippen molar-refractivity contribution in [3.8, 4) is 23.0 Å². The van der Waals surface area contributed by atoms with Crippen LogP contribution in [0.4, 0.5) is 0 Å². The summed E-state index contributed by atoms with van der Waals surface area (Å²) in [4.78, 5) is 10.2. The van der Waals surface area contributed by atoms with E-state index in [-0.39, 0.29) is 59.1 Å². The van der Waals surface area contributed by atoms with Gasteiger partial charge in [0.25, 0.3) is 0 Å². The van der Waals surface area contributed by atoms with Crippen LogP contribution in [0.2, 0.25) is 0 Å². The summed E-state index contributed by atoms with van der Waals surface area (Å²) in [6.07, 6.45) is 0. The molecule has 30 heavy (non-hydrogen) atoms. The van der Waals surface area contributed by atoms with Crippen LogP contribution in [-0.2, 0) is 20.2 Å². The van der Waals surface area contributed by atoms with Gasteiger partial charge in [-0.05, 0) is 24.3 Å². The van der Waals surface area contributed by atoms with Crippen LogP contribution in [0.25, 0.3) is 0 Å². The van der Waals surface area contributed by atoms with E-state index in [2.05, 4.69) is 9.47 Å². The quantitative estimate of drug-likeness (QED) is 0.228. The van der Waals surface area contributed by atoms with E-state index in [1.807, 2.05) is 0 Å². The number of phenols is 2. The molecule has 0 saturated carbocycles. The zero-order valence-corrected chi connectivity index (χ0v) is 21.8. The molecule has 0 amide bonds. The second-order valence-corrected chi connectivity index (χ2v) is 7.86. The number of rotatable bonds is 6. The minimum atomic E-state index is -5.27. The maximum atomic E-state index is 12.7. The Morgan fingerprint density at radius 3 is 1.30 bits per heavy atom. The van der Waals surface area contributed by atoms with Crippen molar-refractivity contribution in [2.24, 2.45) is 0 Å². The summed E-state index contributed by atoms with van der Waals surface area (Å²) < 4.78 is 77.7. The first-order valence-electron chi connectivity index (χ1n) is 7.11. The topological polar surface area (TPSA) is 190 Å². The fourth-order valence-corrected chi connectivity index (χ4v) is 3.91. The largest absolute Gasteiger partial charge is 1.00 e. The van der Waals surface area contributed by atoms with E-state index < -0.39 is 69.9 Å². The molecular formula is C15H12Na2O11S2. The molecule has 0 spiro atoms. The van der Waals surface area contributed by atoms with Crippen LogP contribution in [0.5, 0.6) is 23.0 Å². The summed E-state index contributed by atoms with van der Waals surface area (Å²) in [7, 11) is -8.51. The van der Waals surface area contributed by atoms with Crippen LogP contribution >= 0.6 is 0 Å². The van der Waals surface area contributed by atoms with Gasteiger partial charge in [0, 0.05) is 0 Å². The minimum Gasteiger partial charge on any atom is -0.744 e. The van der Waals surface area contributed by atoms with Gasteiger partial charge >= 0.3 is 59.1 Å². The molecule has 2 N–H and O–H groups in total. The number of carbonyl (C=O) groups excluding carboxylic acids is 1. The first kappa shape index (κ1) is 29.1. The first-order valence-corrected chi connectivity index (χ1v) is 9.92. The first-order chi connectivity index (χ1) is 12.8. The zero-order chi connectivity index (χ0) is 21.4. The van der Waals surface area contributed by atoms with Crippen LogP contribution in [0.15, 0.2) is 34.1 Å². The molecule has 0 heterocycles. The van der Waals surface area contributed by atoms with Gasteiger partial charge in [0.2, 0.25) is 5.78 Å². The van der Waals surface area contributed by atoms with Gasteiger partial charge in [-0.2, -0.15) is 0 Å². The van der Waals surface area contributed by atoms with Crippen LogP contribution in [-0.4, -0.2) is 56.2 Å². The predicted octanol–water partition coefficient (Wildman–Crippen LogP) is -5.84. The van der Waals surface area contributed by atoms with E-state index in [1.54, 1.807) is 0 Å². The van der Waals surface area contributed by atoms with Crippen molar-refractivity contribution in [3.05, 3.63) is 35.4 Å². The van der Waals surface area contributed by atoms with Crippen molar-refractivity contribution >= 4 is 26.0 Å². The van der Waals surface area contributed by atoms with E-state index in [4.69, 9.17) is 0 Å². The van der Waals surface area contributed by atoms with E-state index in [0.717, 1.165) is 38.5 Å². The van der Waals surface area contributed by atoms with Gasteiger partial charge < -0.3 is 28.8 Å². The summed E-state index contributed by atoms with van der Waals surface area (Å²) >= 11 is 0. The Balaban J connectivity index is 0.00000420. The summed E-state index contributed by atoms with van der Waals surface area (Å²) in [6, 6.07) is 3.59. The van der Waals surface area contributed by atoms with Crippen LogP contribution in [0, 0.1) is 0 Å². The van der Waals surface area contributed by atoms with Crippen molar-refractivity contribution in [1.29, 1.82) is 0 Å². The monoisotopic (exact) mass is 478 g/mol. The number of hydrogen-bond acceptors (Lipinski definition) is 11. The third-order valence-electron chi connectivity index (χ3n) is 3.62. The minimum absolute atomic E-state index is 0. The molecule has 0 aromatic heterocycles. The molecule has 0 atom stereocenters. The number of aromatic hydroxyl groups is 2. The fourth-order valence-electron chi connectivity index (χ4n) is 2.42. The molecule has 0 saturated heterocycles. The Hall–Kier alpha value is -0.870. The third-order valence-corrected chi connectivity index (χ3v) is 5.41. The average Bonchev–Trinajstić information content (AvgIpc) is 2.58. The molecule has 0 aliphatic rings. The zero-order valence-electron chi connectivity index (χ0n) is 16.2. The molecule has 2 aromatic carbocycles. The molecule has 0 bridgehead atoms. The second kappa shape index (κ2) is 10.6. The Labute approximate surface area is 216 Å². The fraction of sp³-hybridized carbons (Fsp3) is 0.133. The molecule has 15 heteroatoms. The molecule has 2 rings (SSSR count). The van der Waals surface area contributed by atoms with Crippen molar-refractivity contribution in [2.45, 2.75) is 9.79 Å². The van der Waals surface area contributed by atoms with Gasteiger partial charge in [-0.1, -0.05) is 0 Å². The Bertz CT molecular complexity index is 1080. The van der Waals surface area contributed by atoms with Gasteiger partial charge in [0.05, 0.1) is 25.3 Å². The van der Waals surface area contributed by atoms with E-state index in [0.29, 0.717) is 0 Å². The molecule has 0 aliphatic carbocycles. The van der Waals surface area contributed by atoms with E-state index >= 15 is 0 Å². The summed E-state index contributed by atoms with van der Waals surface area (Å²) in [5.41, 5.74) is -1.52. The molecule has 11 nitrogen and oxygen atoms in total. The molecule has 0 unspecified atom stereocenters. The van der Waals surface area contributed by atoms with E-state index in [1.165, 1.54) is 0 Å². The number of ketones is 1. The Morgan fingerprint density at radius 1 is 0.767 bits per heavy atom. The smallest absolute Gasteiger partial charge is 0.744 e. The molecule has 152 valence electrons. The van der Waals surface area contributed by atoms with Gasteiger partial charge in [-0.15, -0.1) is 0 Å². The molecular weight excluding hydrogens is 466 g/mol. The number of ether oxygens (including phenoxy) is 2. The van der Waals surface area contributed by atoms with Crippen LogP contribution in [0.3, 0.4) is 0 Å². The maximum absolute atomic E-state index is 12.7. The van der Waals surface area contributed by atoms with Crippen molar-refractivity contribution in [1.82, 2.24) is 0 Å². The Kier molecular flexibility index (Phi) is 10.3. The SMILES string of the molecule is COc1ccc(C(=O)c2ccc(OC)c(S(=O)(=O)[O-])c2O)c(O)c1S(=O)(=O)[O-].[Na+].[Na+]. The summed E-state index contributed by atoms with van der Waals surface area (Å²) in [5.74, 6) is -4.87. The van der Waals surface area contributed by atoms with Crippen LogP contribution < -0.4 is 68.6 Å². The summed E-state index contributed by atoms with van der Waals surface area (Å²) in [6.45, 7) is 0. The van der Waals surface area contributed by atoms with Crippen molar-refractivity contribution < 1.29 is 110 Å². The molecule has 0 aliphatic heterocycles.